The highest BCUT2D eigenvalue weighted by Crippen LogP contribution is 2.34. The van der Waals surface area contributed by atoms with Crippen molar-refractivity contribution in [3.05, 3.63) is 64.5 Å². The van der Waals surface area contributed by atoms with E-state index in [0.717, 1.165) is 5.56 Å². The molecule has 5 nitrogen and oxygen atoms in total. The Morgan fingerprint density at radius 1 is 0.833 bits per heavy atom. The average molecular weight is 412 g/mol. The largest absolute Gasteiger partial charge is 0.457 e. The highest BCUT2D eigenvalue weighted by Gasteiger charge is 2.37. The summed E-state index contributed by atoms with van der Waals surface area (Å²) >= 11 is 0. The van der Waals surface area contributed by atoms with Crippen molar-refractivity contribution >= 4 is 18.0 Å². The van der Waals surface area contributed by atoms with Crippen LogP contribution in [-0.2, 0) is 19.1 Å². The number of allylic oxidation sites excluding steroid dienone is 3. The predicted octanol–water partition coefficient (Wildman–Crippen LogP) is 5.15. The molecule has 1 aliphatic rings. The Balaban J connectivity index is 2.53. The minimum absolute atomic E-state index is 0.406. The Kier molecular flexibility index (Phi) is 6.96. The summed E-state index contributed by atoms with van der Waals surface area (Å²) in [4.78, 5) is 26.2. The van der Waals surface area contributed by atoms with E-state index in [1.165, 1.54) is 0 Å². The third kappa shape index (κ3) is 6.34. The van der Waals surface area contributed by atoms with Crippen LogP contribution in [0.3, 0.4) is 0 Å². The van der Waals surface area contributed by atoms with Gasteiger partial charge in [-0.05, 0) is 61.0 Å². The van der Waals surface area contributed by atoms with Crippen molar-refractivity contribution < 1.29 is 19.1 Å². The predicted molar refractivity (Wildman–Crippen MR) is 119 cm³/mol. The second kappa shape index (κ2) is 8.90. The van der Waals surface area contributed by atoms with E-state index in [-0.39, 0.29) is 0 Å². The van der Waals surface area contributed by atoms with Gasteiger partial charge < -0.3 is 14.8 Å². The molecule has 0 radical (unpaired) electrons. The van der Waals surface area contributed by atoms with E-state index in [1.54, 1.807) is 0 Å². The maximum absolute atomic E-state index is 13.1. The van der Waals surface area contributed by atoms with Crippen LogP contribution in [0.4, 0.5) is 0 Å². The van der Waals surface area contributed by atoms with E-state index in [0.29, 0.717) is 22.5 Å². The fourth-order valence-corrected chi connectivity index (χ4v) is 3.22. The smallest absolute Gasteiger partial charge is 0.337 e. The van der Waals surface area contributed by atoms with Gasteiger partial charge >= 0.3 is 11.9 Å². The summed E-state index contributed by atoms with van der Waals surface area (Å²) in [7, 11) is 0. The van der Waals surface area contributed by atoms with E-state index in [4.69, 9.17) is 9.47 Å². The molecule has 1 aromatic carbocycles. The van der Waals surface area contributed by atoms with Gasteiger partial charge in [0.2, 0.25) is 0 Å². The van der Waals surface area contributed by atoms with Gasteiger partial charge in [0.05, 0.1) is 11.1 Å². The molecular weight excluding hydrogens is 378 g/mol. The number of ether oxygens (including phenoxy) is 2. The number of nitrogens with one attached hydrogen (secondary N) is 1. The van der Waals surface area contributed by atoms with Crippen LogP contribution in [-0.4, -0.2) is 23.1 Å². The Labute approximate surface area is 179 Å². The van der Waals surface area contributed by atoms with Crippen LogP contribution in [0.5, 0.6) is 0 Å². The van der Waals surface area contributed by atoms with Gasteiger partial charge in [-0.2, -0.15) is 0 Å². The van der Waals surface area contributed by atoms with Crippen molar-refractivity contribution in [1.82, 2.24) is 5.32 Å². The van der Waals surface area contributed by atoms with Crippen molar-refractivity contribution in [2.45, 2.75) is 66.6 Å². The molecule has 1 N–H and O–H groups in total. The first kappa shape index (κ1) is 23.5. The molecule has 1 aliphatic heterocycles. The Morgan fingerprint density at radius 2 is 1.27 bits per heavy atom. The number of carbonyl (C=O) groups excluding carboxylic acids is 2. The van der Waals surface area contributed by atoms with Crippen molar-refractivity contribution in [3.8, 4) is 0 Å². The third-order valence-electron chi connectivity index (χ3n) is 4.32. The summed E-state index contributed by atoms with van der Waals surface area (Å²) in [5, 5.41) is 3.16. The fraction of sp³-hybridized carbons (Fsp3) is 0.440. The zero-order valence-electron chi connectivity index (χ0n) is 19.3. The summed E-state index contributed by atoms with van der Waals surface area (Å²) in [6.45, 7) is 14.6. The van der Waals surface area contributed by atoms with Gasteiger partial charge in [-0.3, -0.25) is 0 Å². The number of rotatable bonds is 4. The fourth-order valence-electron chi connectivity index (χ4n) is 3.22. The summed E-state index contributed by atoms with van der Waals surface area (Å²) in [6.07, 6.45) is 3.77. The van der Waals surface area contributed by atoms with Crippen LogP contribution in [0.25, 0.3) is 6.08 Å². The van der Waals surface area contributed by atoms with E-state index >= 15 is 0 Å². The zero-order chi connectivity index (χ0) is 22.7. The highest BCUT2D eigenvalue weighted by atomic mass is 16.6. The molecule has 0 unspecified atom stereocenters. The molecule has 0 bridgehead atoms. The van der Waals surface area contributed by atoms with Gasteiger partial charge in [0, 0.05) is 17.3 Å². The van der Waals surface area contributed by atoms with Crippen LogP contribution in [0, 0.1) is 5.92 Å². The summed E-state index contributed by atoms with van der Waals surface area (Å²) in [5.41, 5.74) is 1.81. The van der Waals surface area contributed by atoms with Crippen molar-refractivity contribution in [2.75, 3.05) is 0 Å². The molecule has 0 atom stereocenters. The molecule has 2 rings (SSSR count). The Morgan fingerprint density at radius 3 is 1.67 bits per heavy atom. The summed E-state index contributed by atoms with van der Waals surface area (Å²) in [6, 6.07) is 9.74. The number of esters is 2. The molecular formula is C25H33NO4. The second-order valence-corrected chi connectivity index (χ2v) is 9.45. The minimum Gasteiger partial charge on any atom is -0.457 e. The van der Waals surface area contributed by atoms with Gasteiger partial charge in [0.25, 0.3) is 0 Å². The lowest BCUT2D eigenvalue weighted by Crippen LogP contribution is -2.36. The first-order valence-corrected chi connectivity index (χ1v) is 10.2. The summed E-state index contributed by atoms with van der Waals surface area (Å²) < 4.78 is 11.3. The SMILES string of the molecule is CC1=C(C(=O)OC(C)(C)C)C(C=Cc2ccccc2)C(C(=O)OC(C)(C)C)=C(C)N1. The van der Waals surface area contributed by atoms with Gasteiger partial charge in [-0.25, -0.2) is 9.59 Å². The average Bonchev–Trinajstić information content (AvgIpc) is 2.57. The Hall–Kier alpha value is -2.82. The summed E-state index contributed by atoms with van der Waals surface area (Å²) in [5.74, 6) is -1.50. The number of benzene rings is 1. The van der Waals surface area contributed by atoms with Crippen molar-refractivity contribution in [1.29, 1.82) is 0 Å². The lowest BCUT2D eigenvalue weighted by molar-refractivity contribution is -0.151. The lowest BCUT2D eigenvalue weighted by Gasteiger charge is -2.31. The molecule has 0 aromatic heterocycles. The van der Waals surface area contributed by atoms with Crippen LogP contribution in [0.15, 0.2) is 58.9 Å². The minimum atomic E-state index is -0.652. The van der Waals surface area contributed by atoms with Crippen LogP contribution < -0.4 is 5.32 Å². The van der Waals surface area contributed by atoms with E-state index in [1.807, 2.05) is 97.9 Å². The molecule has 0 fully saturated rings. The first-order chi connectivity index (χ1) is 13.8. The van der Waals surface area contributed by atoms with Gasteiger partial charge in [0.15, 0.2) is 0 Å². The molecule has 5 heteroatoms. The monoisotopic (exact) mass is 411 g/mol. The van der Waals surface area contributed by atoms with Crippen molar-refractivity contribution in [2.24, 2.45) is 5.92 Å². The van der Waals surface area contributed by atoms with E-state index in [9.17, 15) is 9.59 Å². The quantitative estimate of drug-likeness (QED) is 0.694. The van der Waals surface area contributed by atoms with Crippen LogP contribution in [0.1, 0.15) is 61.0 Å². The molecule has 0 spiro atoms. The number of carbonyl (C=O) groups is 2. The molecule has 0 saturated heterocycles. The Bertz CT molecular complexity index is 843. The van der Waals surface area contributed by atoms with Crippen LogP contribution >= 0.6 is 0 Å². The first-order valence-electron chi connectivity index (χ1n) is 10.2. The zero-order valence-corrected chi connectivity index (χ0v) is 19.3. The molecule has 0 aliphatic carbocycles. The standard InChI is InChI=1S/C25H33NO4/c1-16-20(22(27)29-24(3,4)5)19(15-14-18-12-10-9-11-13-18)21(17(2)26-16)23(28)30-25(6,7)8/h9-15,19,26H,1-8H3. The third-order valence-corrected chi connectivity index (χ3v) is 4.32. The highest BCUT2D eigenvalue weighted by molar-refractivity contribution is 5.99. The molecule has 1 aromatic rings. The normalized spacial score (nSPS) is 16.0. The molecule has 30 heavy (non-hydrogen) atoms. The number of hydrogen-bond acceptors (Lipinski definition) is 5. The maximum Gasteiger partial charge on any atom is 0.337 e. The maximum atomic E-state index is 13.1. The van der Waals surface area contributed by atoms with Crippen LogP contribution in [0.2, 0.25) is 0 Å². The van der Waals surface area contributed by atoms with E-state index in [2.05, 4.69) is 5.32 Å². The van der Waals surface area contributed by atoms with Gasteiger partial charge in [0.1, 0.15) is 11.2 Å². The van der Waals surface area contributed by atoms with Gasteiger partial charge in [-0.15, -0.1) is 0 Å². The molecule has 0 amide bonds. The molecule has 1 heterocycles. The van der Waals surface area contributed by atoms with E-state index < -0.39 is 29.1 Å². The van der Waals surface area contributed by atoms with Crippen molar-refractivity contribution in [3.63, 3.8) is 0 Å². The second-order valence-electron chi connectivity index (χ2n) is 9.45. The molecule has 0 saturated carbocycles. The molecule has 162 valence electrons. The number of dihydropyridines is 1. The van der Waals surface area contributed by atoms with Gasteiger partial charge in [-0.1, -0.05) is 42.5 Å². The number of hydrogen-bond donors (Lipinski definition) is 1. The lowest BCUT2D eigenvalue weighted by atomic mass is 9.84. The topological polar surface area (TPSA) is 64.6 Å².